The summed E-state index contributed by atoms with van der Waals surface area (Å²) in [4.78, 5) is 91.8. The van der Waals surface area contributed by atoms with Gasteiger partial charge in [0.2, 0.25) is 35.4 Å². The summed E-state index contributed by atoms with van der Waals surface area (Å²) in [6, 6.07) is -3.06. The first kappa shape index (κ1) is 88.1. The van der Waals surface area contributed by atoms with E-state index in [1.165, 1.54) is 39.0 Å². The van der Waals surface area contributed by atoms with Crippen LogP contribution in [0.3, 0.4) is 0 Å². The first-order valence-electron chi connectivity index (χ1n) is 35.2. The van der Waals surface area contributed by atoms with Crippen LogP contribution in [-0.4, -0.2) is 299 Å². The molecule has 0 spiro atoms. The lowest BCUT2D eigenvalue weighted by atomic mass is 9.97. The Hall–Kier alpha value is -4.16. The number of rotatable bonds is 52. The van der Waals surface area contributed by atoms with Crippen molar-refractivity contribution in [2.45, 2.75) is 273 Å². The quantitative estimate of drug-likeness (QED) is 0.0257. The molecular formula is C65H120N7O25P. The Morgan fingerprint density at radius 3 is 1.07 bits per heavy atom. The van der Waals surface area contributed by atoms with Gasteiger partial charge in [-0.05, 0) is 57.8 Å². The van der Waals surface area contributed by atoms with Crippen molar-refractivity contribution in [3.8, 4) is 0 Å². The van der Waals surface area contributed by atoms with Crippen LogP contribution >= 0.6 is 7.37 Å². The number of hydrogen-bond acceptors (Lipinski definition) is 25. The predicted molar refractivity (Wildman–Crippen MR) is 355 cm³/mol. The van der Waals surface area contributed by atoms with Crippen LogP contribution in [0.1, 0.15) is 175 Å². The van der Waals surface area contributed by atoms with Gasteiger partial charge in [-0.15, -0.1) is 0 Å². The molecule has 3 saturated heterocycles. The second-order valence-electron chi connectivity index (χ2n) is 26.1. The van der Waals surface area contributed by atoms with Crippen molar-refractivity contribution in [1.29, 1.82) is 0 Å². The molecule has 32 nitrogen and oxygen atoms in total. The van der Waals surface area contributed by atoms with E-state index < -0.39 is 155 Å². The fourth-order valence-electron chi connectivity index (χ4n) is 11.7. The van der Waals surface area contributed by atoms with E-state index in [2.05, 4.69) is 26.6 Å². The molecule has 0 saturated carbocycles. The maximum Gasteiger partial charge on any atom is 0.253 e. The molecule has 0 bridgehead atoms. The molecule has 3 aliphatic rings. The van der Waals surface area contributed by atoms with Crippen LogP contribution < -0.4 is 26.6 Å². The van der Waals surface area contributed by atoms with Crippen molar-refractivity contribution >= 4 is 48.7 Å². The van der Waals surface area contributed by atoms with E-state index in [-0.39, 0.29) is 76.6 Å². The van der Waals surface area contributed by atoms with Crippen LogP contribution in [0.2, 0.25) is 0 Å². The minimum Gasteiger partial charge on any atom is -0.394 e. The van der Waals surface area contributed by atoms with E-state index in [1.807, 2.05) is 0 Å². The molecule has 98 heavy (non-hydrogen) atoms. The van der Waals surface area contributed by atoms with Crippen molar-refractivity contribution in [2.24, 2.45) is 0 Å². The van der Waals surface area contributed by atoms with E-state index in [9.17, 15) is 89.2 Å². The molecule has 0 aromatic carbocycles. The van der Waals surface area contributed by atoms with Gasteiger partial charge in [-0.1, -0.05) is 77.0 Å². The van der Waals surface area contributed by atoms with Gasteiger partial charge >= 0.3 is 0 Å². The molecule has 0 radical (unpaired) electrons. The van der Waals surface area contributed by atoms with Crippen LogP contribution in [0.4, 0.5) is 0 Å². The SMILES string of the molecule is CC(=O)NC1[C@H](OCCCCCCCCC(=O)NCCCN(CCCN(CCCNC(=O)CCCCCCCCO[C@@H]2OC(CO)[C@H](O)[C@H](O)C2NC(C)=O)C(=O)C(O)COP(C)(C)=O)C(=O)CCCCCCCCO[C@@H]2OC(CO)[C@H](O)[C@H](O)C2NC(C)=O)OC(CO)[C@H](O)[C@@H]1O. The fourth-order valence-corrected chi connectivity index (χ4v) is 12.2. The maximum atomic E-state index is 13.9. The molecular weight excluding hydrogens is 1310 g/mol. The third-order valence-corrected chi connectivity index (χ3v) is 18.0. The molecule has 3 rings (SSSR count). The Morgan fingerprint density at radius 2 is 0.735 bits per heavy atom. The Kier molecular flexibility index (Phi) is 44.4. The number of nitrogens with zero attached hydrogens (tertiary/aromatic N) is 2. The average molecular weight is 1430 g/mol. The minimum absolute atomic E-state index is 0.107. The van der Waals surface area contributed by atoms with Gasteiger partial charge in [-0.3, -0.25) is 38.1 Å². The maximum absolute atomic E-state index is 13.9. The van der Waals surface area contributed by atoms with Gasteiger partial charge in [-0.2, -0.15) is 0 Å². The molecule has 3 fully saturated rings. The lowest BCUT2D eigenvalue weighted by molar-refractivity contribution is -0.270. The van der Waals surface area contributed by atoms with E-state index in [0.29, 0.717) is 77.3 Å². The monoisotopic (exact) mass is 1430 g/mol. The van der Waals surface area contributed by atoms with Gasteiger partial charge in [-0.25, -0.2) is 0 Å². The summed E-state index contributed by atoms with van der Waals surface area (Å²) in [6.07, 6.45) is -0.857. The minimum atomic E-state index is -3.05. The number of aliphatic hydroxyl groups excluding tert-OH is 10. The average Bonchev–Trinajstić information content (AvgIpc) is 0.824. The molecule has 0 aromatic heterocycles. The summed E-state index contributed by atoms with van der Waals surface area (Å²) in [6.45, 7) is 6.56. The van der Waals surface area contributed by atoms with E-state index >= 15 is 0 Å². The summed E-state index contributed by atoms with van der Waals surface area (Å²) in [5.74, 6) is -2.38. The zero-order valence-electron chi connectivity index (χ0n) is 58.3. The summed E-state index contributed by atoms with van der Waals surface area (Å²) >= 11 is 0. The zero-order chi connectivity index (χ0) is 72.6. The van der Waals surface area contributed by atoms with Gasteiger partial charge in [0.05, 0.1) is 26.4 Å². The van der Waals surface area contributed by atoms with Crippen LogP contribution in [0, 0.1) is 0 Å². The molecule has 3 heterocycles. The molecule has 0 aliphatic carbocycles. The summed E-state index contributed by atoms with van der Waals surface area (Å²) < 4.78 is 51.9. The third-order valence-electron chi connectivity index (χ3n) is 17.2. The molecule has 16 atom stereocenters. The molecule has 33 heteroatoms. The second kappa shape index (κ2) is 49.4. The van der Waals surface area contributed by atoms with E-state index in [0.717, 1.165) is 77.0 Å². The summed E-state index contributed by atoms with van der Waals surface area (Å²) in [5, 5.41) is 115. The topological polar surface area (TPSA) is 470 Å². The lowest BCUT2D eigenvalue weighted by Crippen LogP contribution is -2.64. The van der Waals surface area contributed by atoms with E-state index in [4.69, 9.17) is 32.9 Å². The van der Waals surface area contributed by atoms with Gasteiger partial charge in [0.15, 0.2) is 32.3 Å². The predicted octanol–water partition coefficient (Wildman–Crippen LogP) is -0.966. The first-order valence-corrected chi connectivity index (χ1v) is 37.8. The molecule has 15 N–H and O–H groups in total. The number of amides is 7. The number of aliphatic hydroxyl groups is 10. The van der Waals surface area contributed by atoms with Gasteiger partial charge < -0.3 is 120 Å². The Bertz CT molecular complexity index is 2340. The van der Waals surface area contributed by atoms with Gasteiger partial charge in [0.1, 0.15) is 73.1 Å². The largest absolute Gasteiger partial charge is 0.394 e. The fraction of sp³-hybridized carbons (Fsp3) is 0.892. The van der Waals surface area contributed by atoms with Gasteiger partial charge in [0.25, 0.3) is 5.91 Å². The molecule has 7 unspecified atom stereocenters. The highest BCUT2D eigenvalue weighted by atomic mass is 31.2. The van der Waals surface area contributed by atoms with Crippen molar-refractivity contribution in [1.82, 2.24) is 36.4 Å². The number of ether oxygens (including phenoxy) is 6. The standard InChI is InChI=1S/C65H120N7O25P/c1-43(76)68-53-59(86)56(83)47(39-73)95-63(53)91-36-21-15-9-6-12-18-27-50(80)66-30-24-32-71(52(82)29-20-14-8-11-17-23-38-93-65-55(70-45(3)78)61(88)58(85)49(41-75)97-65)34-26-35-72(62(89)46(79)42-94-98(4,5)90)33-25-31-67-51(81)28-19-13-7-10-16-22-37-92-64-54(69-44(2)77)60(87)57(84)48(40-74)96-64/h46-49,53-61,63-65,73-75,79,83-88H,6-42H2,1-5H3,(H,66,80)(H,67,81)(H,68,76)(H,69,77)(H,70,78)/t46?,47?,48?,49?,53?,54?,55?,56-,57-,58-,59+,60+,61+,63+,64+,65+/m0/s1. The molecule has 7 amide bonds. The summed E-state index contributed by atoms with van der Waals surface area (Å²) in [7, 11) is -3.05. The normalized spacial score (nSPS) is 26.0. The Labute approximate surface area is 577 Å². The van der Waals surface area contributed by atoms with Crippen LogP contribution in [0.5, 0.6) is 0 Å². The highest BCUT2D eigenvalue weighted by Crippen LogP contribution is 2.37. The van der Waals surface area contributed by atoms with Crippen LogP contribution in [0.15, 0.2) is 0 Å². The second-order valence-corrected chi connectivity index (χ2v) is 28.8. The van der Waals surface area contributed by atoms with Crippen LogP contribution in [-0.2, 0) is 71.1 Å². The third kappa shape index (κ3) is 34.7. The Morgan fingerprint density at radius 1 is 0.429 bits per heavy atom. The smallest absolute Gasteiger partial charge is 0.253 e. The number of unbranched alkanes of at least 4 members (excludes halogenated alkanes) is 15. The summed E-state index contributed by atoms with van der Waals surface area (Å²) in [5.41, 5.74) is 0. The number of hydrogen-bond donors (Lipinski definition) is 15. The van der Waals surface area contributed by atoms with Crippen molar-refractivity contribution < 1.29 is 122 Å². The first-order chi connectivity index (χ1) is 46.7. The highest BCUT2D eigenvalue weighted by molar-refractivity contribution is 7.57. The highest BCUT2D eigenvalue weighted by Gasteiger charge is 2.48. The number of carbonyl (C=O) groups excluding carboxylic acids is 7. The number of nitrogens with one attached hydrogen (secondary N) is 5. The number of carbonyl (C=O) groups is 7. The van der Waals surface area contributed by atoms with Crippen molar-refractivity contribution in [2.75, 3.05) is 98.8 Å². The molecule has 570 valence electrons. The van der Waals surface area contributed by atoms with Crippen molar-refractivity contribution in [3.63, 3.8) is 0 Å². The van der Waals surface area contributed by atoms with Crippen molar-refractivity contribution in [3.05, 3.63) is 0 Å². The lowest BCUT2D eigenvalue weighted by Gasteiger charge is -2.42. The molecule has 0 aromatic rings. The Balaban J connectivity index is 1.48. The van der Waals surface area contributed by atoms with Gasteiger partial charge in [0, 0.05) is 112 Å². The molecule has 3 aliphatic heterocycles. The zero-order valence-corrected chi connectivity index (χ0v) is 59.2. The van der Waals surface area contributed by atoms with Crippen LogP contribution in [0.25, 0.3) is 0 Å². The van der Waals surface area contributed by atoms with E-state index in [1.54, 1.807) is 4.90 Å².